The van der Waals surface area contributed by atoms with Crippen molar-refractivity contribution in [3.8, 4) is 0 Å². The van der Waals surface area contributed by atoms with E-state index in [1.807, 2.05) is 19.9 Å². The summed E-state index contributed by atoms with van der Waals surface area (Å²) < 4.78 is 0.806. The number of hydrogen-bond acceptors (Lipinski definition) is 2. The van der Waals surface area contributed by atoms with E-state index in [9.17, 15) is 4.79 Å². The molecule has 11 heavy (non-hydrogen) atoms. The van der Waals surface area contributed by atoms with Crippen LogP contribution < -0.4 is 0 Å². The molecule has 0 spiro atoms. The molecule has 1 rings (SSSR count). The summed E-state index contributed by atoms with van der Waals surface area (Å²) >= 11 is 3.28. The minimum absolute atomic E-state index is 0.658. The number of pyridine rings is 1. The van der Waals surface area contributed by atoms with Crippen molar-refractivity contribution in [2.45, 2.75) is 13.8 Å². The molecule has 0 atom stereocenters. The van der Waals surface area contributed by atoms with Crippen LogP contribution in [0.3, 0.4) is 0 Å². The Labute approximate surface area is 73.8 Å². The number of aldehydes is 1. The van der Waals surface area contributed by atoms with Gasteiger partial charge in [-0.2, -0.15) is 0 Å². The molecule has 0 unspecified atom stereocenters. The Morgan fingerprint density at radius 1 is 1.55 bits per heavy atom. The second kappa shape index (κ2) is 3.13. The average Bonchev–Trinajstić information content (AvgIpc) is 1.97. The third kappa shape index (κ3) is 1.66. The van der Waals surface area contributed by atoms with Crippen molar-refractivity contribution in [2.75, 3.05) is 0 Å². The molecule has 0 N–H and O–H groups in total. The van der Waals surface area contributed by atoms with Gasteiger partial charge in [0.15, 0.2) is 6.29 Å². The molecule has 0 saturated heterocycles. The number of carbonyl (C=O) groups is 1. The van der Waals surface area contributed by atoms with Gasteiger partial charge >= 0.3 is 0 Å². The van der Waals surface area contributed by atoms with Gasteiger partial charge in [-0.3, -0.25) is 4.79 Å². The molecule has 0 fully saturated rings. The van der Waals surface area contributed by atoms with E-state index in [1.165, 1.54) is 0 Å². The van der Waals surface area contributed by atoms with E-state index in [1.54, 1.807) is 0 Å². The number of halogens is 1. The van der Waals surface area contributed by atoms with E-state index in [0.29, 0.717) is 5.56 Å². The van der Waals surface area contributed by atoms with Crippen LogP contribution in [0.2, 0.25) is 0 Å². The maximum Gasteiger partial charge on any atom is 0.151 e. The van der Waals surface area contributed by atoms with Crippen LogP contribution >= 0.6 is 15.9 Å². The van der Waals surface area contributed by atoms with E-state index < -0.39 is 0 Å². The molecule has 0 aliphatic rings. The molecule has 0 amide bonds. The summed E-state index contributed by atoms with van der Waals surface area (Å²) in [6.07, 6.45) is 0.821. The molecule has 0 aromatic carbocycles. The molecule has 1 aromatic heterocycles. The number of rotatable bonds is 1. The zero-order valence-corrected chi connectivity index (χ0v) is 7.97. The standard InChI is InChI=1S/C8H8BrNO/c1-5-3-7(4-11)6(2)10-8(5)9/h3-4H,1-2H3. The highest BCUT2D eigenvalue weighted by molar-refractivity contribution is 9.10. The van der Waals surface area contributed by atoms with Crippen LogP contribution in [-0.4, -0.2) is 11.3 Å². The van der Waals surface area contributed by atoms with Crippen LogP contribution in [0.5, 0.6) is 0 Å². The zero-order chi connectivity index (χ0) is 8.43. The predicted octanol–water partition coefficient (Wildman–Crippen LogP) is 2.27. The fraction of sp³-hybridized carbons (Fsp3) is 0.250. The van der Waals surface area contributed by atoms with Gasteiger partial charge < -0.3 is 0 Å². The van der Waals surface area contributed by atoms with E-state index in [2.05, 4.69) is 20.9 Å². The summed E-state index contributed by atoms with van der Waals surface area (Å²) in [4.78, 5) is 14.6. The van der Waals surface area contributed by atoms with Gasteiger partial charge in [0.05, 0.1) is 0 Å². The van der Waals surface area contributed by atoms with Gasteiger partial charge in [0.1, 0.15) is 4.60 Å². The van der Waals surface area contributed by atoms with E-state index in [0.717, 1.165) is 22.1 Å². The van der Waals surface area contributed by atoms with E-state index >= 15 is 0 Å². The average molecular weight is 214 g/mol. The Hall–Kier alpha value is -0.700. The highest BCUT2D eigenvalue weighted by atomic mass is 79.9. The lowest BCUT2D eigenvalue weighted by Crippen LogP contribution is -1.93. The van der Waals surface area contributed by atoms with E-state index in [-0.39, 0.29) is 0 Å². The van der Waals surface area contributed by atoms with Gasteiger partial charge in [-0.1, -0.05) is 0 Å². The molecule has 0 radical (unpaired) electrons. The highest BCUT2D eigenvalue weighted by Crippen LogP contribution is 2.15. The maximum absolute atomic E-state index is 10.4. The van der Waals surface area contributed by atoms with Crippen LogP contribution in [0.4, 0.5) is 0 Å². The van der Waals surface area contributed by atoms with Gasteiger partial charge in [-0.25, -0.2) is 4.98 Å². The molecular weight excluding hydrogens is 206 g/mol. The van der Waals surface area contributed by atoms with Gasteiger partial charge in [0.2, 0.25) is 0 Å². The predicted molar refractivity (Wildman–Crippen MR) is 46.8 cm³/mol. The third-order valence-corrected chi connectivity index (χ3v) is 2.31. The monoisotopic (exact) mass is 213 g/mol. The Balaban J connectivity index is 3.31. The summed E-state index contributed by atoms with van der Waals surface area (Å²) in [5.74, 6) is 0. The summed E-state index contributed by atoms with van der Waals surface area (Å²) in [6.45, 7) is 3.72. The van der Waals surface area contributed by atoms with Crippen LogP contribution in [0.1, 0.15) is 21.6 Å². The normalized spacial score (nSPS) is 9.73. The molecule has 1 aromatic rings. The Kier molecular flexibility index (Phi) is 2.39. The third-order valence-electron chi connectivity index (χ3n) is 1.51. The molecule has 0 bridgehead atoms. The molecule has 0 aliphatic heterocycles. The second-order valence-corrected chi connectivity index (χ2v) is 3.14. The van der Waals surface area contributed by atoms with Crippen molar-refractivity contribution in [2.24, 2.45) is 0 Å². The molecule has 58 valence electrons. The van der Waals surface area contributed by atoms with Crippen LogP contribution in [-0.2, 0) is 0 Å². The first-order chi connectivity index (χ1) is 5.15. The summed E-state index contributed by atoms with van der Waals surface area (Å²) in [6, 6.07) is 1.82. The van der Waals surface area contributed by atoms with E-state index in [4.69, 9.17) is 0 Å². The maximum atomic E-state index is 10.4. The Bertz CT molecular complexity index is 296. The molecule has 3 heteroatoms. The first kappa shape index (κ1) is 8.40. The lowest BCUT2D eigenvalue weighted by molar-refractivity contribution is 0.112. The summed E-state index contributed by atoms with van der Waals surface area (Å²) in [5, 5.41) is 0. The fourth-order valence-corrected chi connectivity index (χ4v) is 1.20. The minimum atomic E-state index is 0.658. The molecule has 2 nitrogen and oxygen atoms in total. The summed E-state index contributed by atoms with van der Waals surface area (Å²) in [7, 11) is 0. The molecular formula is C8H8BrNO. The lowest BCUT2D eigenvalue weighted by atomic mass is 10.2. The SMILES string of the molecule is Cc1cc(C=O)c(C)nc1Br. The summed E-state index contributed by atoms with van der Waals surface area (Å²) in [5.41, 5.74) is 2.40. The number of carbonyl (C=O) groups excluding carboxylic acids is 1. The van der Waals surface area contributed by atoms with Crippen molar-refractivity contribution in [1.82, 2.24) is 4.98 Å². The first-order valence-corrected chi connectivity index (χ1v) is 4.03. The molecule has 0 saturated carbocycles. The number of aryl methyl sites for hydroxylation is 2. The van der Waals surface area contributed by atoms with Gasteiger partial charge in [-0.15, -0.1) is 0 Å². The number of aromatic nitrogens is 1. The van der Waals surface area contributed by atoms with Crippen molar-refractivity contribution in [3.05, 3.63) is 27.5 Å². The quantitative estimate of drug-likeness (QED) is 0.530. The second-order valence-electron chi connectivity index (χ2n) is 2.39. The Morgan fingerprint density at radius 3 is 2.73 bits per heavy atom. The molecule has 0 aliphatic carbocycles. The fourth-order valence-electron chi connectivity index (χ4n) is 0.817. The zero-order valence-electron chi connectivity index (χ0n) is 6.39. The highest BCUT2D eigenvalue weighted by Gasteiger charge is 2.01. The van der Waals surface area contributed by atoms with Crippen LogP contribution in [0, 0.1) is 13.8 Å². The van der Waals surface area contributed by atoms with Crippen molar-refractivity contribution in [1.29, 1.82) is 0 Å². The van der Waals surface area contributed by atoms with Gasteiger partial charge in [0.25, 0.3) is 0 Å². The number of nitrogens with zero attached hydrogens (tertiary/aromatic N) is 1. The lowest BCUT2D eigenvalue weighted by Gasteiger charge is -2.00. The van der Waals surface area contributed by atoms with Crippen molar-refractivity contribution < 1.29 is 4.79 Å². The Morgan fingerprint density at radius 2 is 2.18 bits per heavy atom. The largest absolute Gasteiger partial charge is 0.298 e. The topological polar surface area (TPSA) is 30.0 Å². The van der Waals surface area contributed by atoms with Gasteiger partial charge in [0, 0.05) is 11.3 Å². The number of hydrogen-bond donors (Lipinski definition) is 0. The smallest absolute Gasteiger partial charge is 0.151 e. The molecule has 1 heterocycles. The van der Waals surface area contributed by atoms with Crippen LogP contribution in [0.15, 0.2) is 10.7 Å². The van der Waals surface area contributed by atoms with Crippen molar-refractivity contribution >= 4 is 22.2 Å². The first-order valence-electron chi connectivity index (χ1n) is 3.24. The minimum Gasteiger partial charge on any atom is -0.298 e. The van der Waals surface area contributed by atoms with Crippen LogP contribution in [0.25, 0.3) is 0 Å². The van der Waals surface area contributed by atoms with Gasteiger partial charge in [-0.05, 0) is 41.4 Å². The van der Waals surface area contributed by atoms with Crippen molar-refractivity contribution in [3.63, 3.8) is 0 Å².